The average Bonchev–Trinajstić information content (AvgIpc) is 2.94. The van der Waals surface area contributed by atoms with Gasteiger partial charge in [0.05, 0.1) is 13.2 Å². The Kier molecular flexibility index (Phi) is 2.69. The molecule has 1 aromatic rings. The van der Waals surface area contributed by atoms with Gasteiger partial charge in [-0.3, -0.25) is 4.79 Å². The predicted octanol–water partition coefficient (Wildman–Crippen LogP) is 2.77. The SMILES string of the molecule is O=C1CCC/C1=C\Nc1ccc2c(c1)COC2. The van der Waals surface area contributed by atoms with Gasteiger partial charge in [-0.1, -0.05) is 6.07 Å². The fourth-order valence-corrected chi connectivity index (χ4v) is 2.32. The van der Waals surface area contributed by atoms with E-state index in [0.29, 0.717) is 13.0 Å². The number of carbonyl (C=O) groups excluding carboxylic acids is 1. The molecule has 3 rings (SSSR count). The van der Waals surface area contributed by atoms with E-state index in [1.807, 2.05) is 12.3 Å². The van der Waals surface area contributed by atoms with E-state index in [1.54, 1.807) is 0 Å². The van der Waals surface area contributed by atoms with Crippen molar-refractivity contribution in [2.75, 3.05) is 5.32 Å². The summed E-state index contributed by atoms with van der Waals surface area (Å²) >= 11 is 0. The third-order valence-corrected chi connectivity index (χ3v) is 3.34. The highest BCUT2D eigenvalue weighted by Crippen LogP contribution is 2.24. The molecule has 1 aliphatic heterocycles. The van der Waals surface area contributed by atoms with Gasteiger partial charge < -0.3 is 10.1 Å². The zero-order chi connectivity index (χ0) is 11.7. The van der Waals surface area contributed by atoms with E-state index >= 15 is 0 Å². The van der Waals surface area contributed by atoms with E-state index in [-0.39, 0.29) is 5.78 Å². The number of hydrogen-bond acceptors (Lipinski definition) is 3. The summed E-state index contributed by atoms with van der Waals surface area (Å²) in [5.41, 5.74) is 4.45. The van der Waals surface area contributed by atoms with E-state index in [9.17, 15) is 4.79 Å². The minimum Gasteiger partial charge on any atom is -0.372 e. The minimum absolute atomic E-state index is 0.280. The van der Waals surface area contributed by atoms with E-state index in [1.165, 1.54) is 11.1 Å². The first-order valence-corrected chi connectivity index (χ1v) is 6.01. The molecule has 0 spiro atoms. The molecule has 1 fully saturated rings. The zero-order valence-corrected chi connectivity index (χ0v) is 9.66. The largest absolute Gasteiger partial charge is 0.372 e. The molecule has 3 nitrogen and oxygen atoms in total. The van der Waals surface area contributed by atoms with Crippen molar-refractivity contribution in [2.45, 2.75) is 32.5 Å². The van der Waals surface area contributed by atoms with Gasteiger partial charge >= 0.3 is 0 Å². The Morgan fingerprint density at radius 3 is 2.88 bits per heavy atom. The number of ketones is 1. The standard InChI is InChI=1S/C14H15NO2/c16-14-3-1-2-10(14)7-15-13-5-4-11-8-17-9-12(11)6-13/h4-7,15H,1-3,8-9H2/b10-7+. The second kappa shape index (κ2) is 4.34. The van der Waals surface area contributed by atoms with Crippen LogP contribution in [-0.4, -0.2) is 5.78 Å². The highest BCUT2D eigenvalue weighted by Gasteiger charge is 2.16. The molecule has 0 saturated heterocycles. The molecule has 3 heteroatoms. The van der Waals surface area contributed by atoms with Crippen molar-refractivity contribution < 1.29 is 9.53 Å². The van der Waals surface area contributed by atoms with Crippen molar-refractivity contribution in [3.05, 3.63) is 41.1 Å². The third-order valence-electron chi connectivity index (χ3n) is 3.34. The second-order valence-corrected chi connectivity index (χ2v) is 4.57. The molecule has 1 saturated carbocycles. The quantitative estimate of drug-likeness (QED) is 0.792. The number of Topliss-reactive ketones (excluding diaryl/α,β-unsaturated/α-hetero) is 1. The summed E-state index contributed by atoms with van der Waals surface area (Å²) in [5, 5.41) is 3.21. The lowest BCUT2D eigenvalue weighted by atomic mass is 10.1. The lowest BCUT2D eigenvalue weighted by Gasteiger charge is -2.04. The van der Waals surface area contributed by atoms with Gasteiger partial charge in [-0.15, -0.1) is 0 Å². The lowest BCUT2D eigenvalue weighted by molar-refractivity contribution is -0.114. The number of rotatable bonds is 2. The Hall–Kier alpha value is -1.61. The van der Waals surface area contributed by atoms with Gasteiger partial charge in [0.15, 0.2) is 5.78 Å². The monoisotopic (exact) mass is 229 g/mol. The molecule has 0 atom stereocenters. The summed E-state index contributed by atoms with van der Waals surface area (Å²) in [6.07, 6.45) is 4.45. The predicted molar refractivity (Wildman–Crippen MR) is 65.5 cm³/mol. The summed E-state index contributed by atoms with van der Waals surface area (Å²) in [5.74, 6) is 0.280. The summed E-state index contributed by atoms with van der Waals surface area (Å²) in [6.45, 7) is 1.41. The highest BCUT2D eigenvalue weighted by molar-refractivity contribution is 5.97. The van der Waals surface area contributed by atoms with Crippen LogP contribution in [0.25, 0.3) is 0 Å². The van der Waals surface area contributed by atoms with Crippen LogP contribution >= 0.6 is 0 Å². The van der Waals surface area contributed by atoms with Crippen LogP contribution in [0.4, 0.5) is 5.69 Å². The summed E-state index contributed by atoms with van der Waals surface area (Å²) < 4.78 is 5.37. The van der Waals surface area contributed by atoms with Gasteiger partial charge in [0.1, 0.15) is 0 Å². The average molecular weight is 229 g/mol. The lowest BCUT2D eigenvalue weighted by Crippen LogP contribution is -1.97. The van der Waals surface area contributed by atoms with Gasteiger partial charge in [-0.05, 0) is 36.1 Å². The number of allylic oxidation sites excluding steroid dienone is 1. The Labute approximate surface area is 100 Å². The molecule has 1 N–H and O–H groups in total. The Morgan fingerprint density at radius 1 is 1.18 bits per heavy atom. The first kappa shape index (κ1) is 10.5. The third kappa shape index (κ3) is 2.11. The maximum Gasteiger partial charge on any atom is 0.160 e. The van der Waals surface area contributed by atoms with Crippen LogP contribution in [0.1, 0.15) is 30.4 Å². The topological polar surface area (TPSA) is 38.3 Å². The van der Waals surface area contributed by atoms with Crippen LogP contribution < -0.4 is 5.32 Å². The van der Waals surface area contributed by atoms with Crippen molar-refractivity contribution in [1.29, 1.82) is 0 Å². The number of benzene rings is 1. The van der Waals surface area contributed by atoms with Crippen LogP contribution in [0, 0.1) is 0 Å². The molecule has 1 aliphatic carbocycles. The molecule has 88 valence electrons. The molecular formula is C14H15NO2. The summed E-state index contributed by atoms with van der Waals surface area (Å²) in [7, 11) is 0. The van der Waals surface area contributed by atoms with Gasteiger partial charge in [-0.25, -0.2) is 0 Å². The second-order valence-electron chi connectivity index (χ2n) is 4.57. The summed E-state index contributed by atoms with van der Waals surface area (Å²) in [6, 6.07) is 6.21. The first-order chi connectivity index (χ1) is 8.33. The van der Waals surface area contributed by atoms with Crippen LogP contribution in [0.3, 0.4) is 0 Å². The van der Waals surface area contributed by atoms with Gasteiger partial charge in [0.2, 0.25) is 0 Å². The number of ether oxygens (including phenoxy) is 1. The number of nitrogens with one attached hydrogen (secondary N) is 1. The molecule has 0 aromatic heterocycles. The minimum atomic E-state index is 0.280. The van der Waals surface area contributed by atoms with Gasteiger partial charge in [0.25, 0.3) is 0 Å². The van der Waals surface area contributed by atoms with Crippen molar-refractivity contribution in [3.8, 4) is 0 Å². The molecule has 2 aliphatic rings. The number of carbonyl (C=O) groups is 1. The molecular weight excluding hydrogens is 214 g/mol. The zero-order valence-electron chi connectivity index (χ0n) is 9.66. The molecule has 1 aromatic carbocycles. The van der Waals surface area contributed by atoms with E-state index in [4.69, 9.17) is 4.74 Å². The fraction of sp³-hybridized carbons (Fsp3) is 0.357. The van der Waals surface area contributed by atoms with Crippen molar-refractivity contribution in [2.24, 2.45) is 0 Å². The molecule has 17 heavy (non-hydrogen) atoms. The first-order valence-electron chi connectivity index (χ1n) is 6.01. The van der Waals surface area contributed by atoms with Crippen LogP contribution in [-0.2, 0) is 22.7 Å². The Morgan fingerprint density at radius 2 is 2.06 bits per heavy atom. The number of anilines is 1. The molecule has 1 heterocycles. The smallest absolute Gasteiger partial charge is 0.160 e. The van der Waals surface area contributed by atoms with Crippen molar-refractivity contribution >= 4 is 11.5 Å². The van der Waals surface area contributed by atoms with E-state index < -0.39 is 0 Å². The van der Waals surface area contributed by atoms with Crippen LogP contribution in [0.15, 0.2) is 30.0 Å². The Bertz CT molecular complexity index is 491. The molecule has 0 amide bonds. The normalized spacial score (nSPS) is 20.9. The molecule has 0 bridgehead atoms. The van der Waals surface area contributed by atoms with Crippen LogP contribution in [0.5, 0.6) is 0 Å². The fourth-order valence-electron chi connectivity index (χ4n) is 2.32. The number of fused-ring (bicyclic) bond motifs is 1. The van der Waals surface area contributed by atoms with E-state index in [0.717, 1.165) is 30.7 Å². The van der Waals surface area contributed by atoms with Gasteiger partial charge in [0, 0.05) is 23.9 Å². The molecule has 0 radical (unpaired) electrons. The maximum atomic E-state index is 11.5. The van der Waals surface area contributed by atoms with Crippen molar-refractivity contribution in [3.63, 3.8) is 0 Å². The van der Waals surface area contributed by atoms with Crippen molar-refractivity contribution in [1.82, 2.24) is 0 Å². The Balaban J connectivity index is 1.75. The van der Waals surface area contributed by atoms with E-state index in [2.05, 4.69) is 17.4 Å². The maximum absolute atomic E-state index is 11.5. The molecule has 0 unspecified atom stereocenters. The highest BCUT2D eigenvalue weighted by atomic mass is 16.5. The van der Waals surface area contributed by atoms with Gasteiger partial charge in [-0.2, -0.15) is 0 Å². The number of hydrogen-bond donors (Lipinski definition) is 1. The van der Waals surface area contributed by atoms with Crippen LogP contribution in [0.2, 0.25) is 0 Å². The summed E-state index contributed by atoms with van der Waals surface area (Å²) in [4.78, 5) is 11.5.